The van der Waals surface area contributed by atoms with Crippen molar-refractivity contribution in [2.45, 2.75) is 38.1 Å². The molecule has 1 heterocycles. The van der Waals surface area contributed by atoms with Crippen molar-refractivity contribution in [3.8, 4) is 0 Å². The lowest BCUT2D eigenvalue weighted by Crippen LogP contribution is -2.47. The van der Waals surface area contributed by atoms with Gasteiger partial charge in [0.2, 0.25) is 5.91 Å². The highest BCUT2D eigenvalue weighted by molar-refractivity contribution is 5.79. The summed E-state index contributed by atoms with van der Waals surface area (Å²) in [5.74, 6) is -0.101. The molecule has 1 aliphatic heterocycles. The highest BCUT2D eigenvalue weighted by Gasteiger charge is 2.29. The Hall–Kier alpha value is -2.11. The zero-order valence-corrected chi connectivity index (χ0v) is 13.8. The third-order valence-corrected chi connectivity index (χ3v) is 4.93. The number of carbonyl (C=O) groups is 2. The molecule has 130 valence electrons. The van der Waals surface area contributed by atoms with Gasteiger partial charge >= 0.3 is 6.03 Å². The summed E-state index contributed by atoms with van der Waals surface area (Å²) < 4.78 is 13.4. The van der Waals surface area contributed by atoms with Crippen LogP contribution in [0.3, 0.4) is 0 Å². The molecule has 1 saturated heterocycles. The Labute approximate surface area is 141 Å². The Morgan fingerprint density at radius 1 is 1.38 bits per heavy atom. The van der Waals surface area contributed by atoms with Gasteiger partial charge < -0.3 is 15.5 Å². The molecule has 1 aliphatic carbocycles. The first-order valence-corrected chi connectivity index (χ1v) is 8.70. The monoisotopic (exact) mass is 333 g/mol. The predicted octanol–water partition coefficient (Wildman–Crippen LogP) is 2.07. The van der Waals surface area contributed by atoms with Crippen LogP contribution in [0, 0.1) is 11.7 Å². The van der Waals surface area contributed by atoms with Gasteiger partial charge in [0.1, 0.15) is 5.82 Å². The van der Waals surface area contributed by atoms with Crippen molar-refractivity contribution in [3.63, 3.8) is 0 Å². The zero-order valence-electron chi connectivity index (χ0n) is 13.8. The summed E-state index contributed by atoms with van der Waals surface area (Å²) in [5.41, 5.74) is 0.829. The SMILES string of the molecule is O=C(NCC(Cc1cccc(F)c1)N1CCNC1=O)C1CCCC1. The molecule has 3 rings (SSSR count). The maximum atomic E-state index is 13.4. The van der Waals surface area contributed by atoms with E-state index in [0.29, 0.717) is 26.1 Å². The highest BCUT2D eigenvalue weighted by Crippen LogP contribution is 2.24. The second-order valence-corrected chi connectivity index (χ2v) is 6.64. The molecule has 1 saturated carbocycles. The topological polar surface area (TPSA) is 61.4 Å². The van der Waals surface area contributed by atoms with Crippen LogP contribution in [0.25, 0.3) is 0 Å². The quantitative estimate of drug-likeness (QED) is 0.837. The van der Waals surface area contributed by atoms with Crippen molar-refractivity contribution in [1.82, 2.24) is 15.5 Å². The molecular formula is C18H24FN3O2. The molecule has 24 heavy (non-hydrogen) atoms. The first kappa shape index (κ1) is 16.7. The van der Waals surface area contributed by atoms with Crippen LogP contribution >= 0.6 is 0 Å². The van der Waals surface area contributed by atoms with Gasteiger partial charge in [0.15, 0.2) is 0 Å². The van der Waals surface area contributed by atoms with Crippen molar-refractivity contribution >= 4 is 11.9 Å². The second kappa shape index (κ2) is 7.64. The molecule has 0 radical (unpaired) electrons. The van der Waals surface area contributed by atoms with E-state index in [9.17, 15) is 14.0 Å². The second-order valence-electron chi connectivity index (χ2n) is 6.64. The van der Waals surface area contributed by atoms with Crippen LogP contribution in [0.4, 0.5) is 9.18 Å². The number of halogens is 1. The van der Waals surface area contributed by atoms with Crippen molar-refractivity contribution in [3.05, 3.63) is 35.6 Å². The van der Waals surface area contributed by atoms with Crippen molar-refractivity contribution in [2.75, 3.05) is 19.6 Å². The van der Waals surface area contributed by atoms with Crippen molar-refractivity contribution < 1.29 is 14.0 Å². The summed E-state index contributed by atoms with van der Waals surface area (Å²) in [4.78, 5) is 26.0. The number of carbonyl (C=O) groups excluding carboxylic acids is 2. The fourth-order valence-electron chi connectivity index (χ4n) is 3.61. The van der Waals surface area contributed by atoms with Crippen LogP contribution in [0.1, 0.15) is 31.2 Å². The van der Waals surface area contributed by atoms with E-state index in [0.717, 1.165) is 31.2 Å². The predicted molar refractivity (Wildman–Crippen MR) is 89.0 cm³/mol. The van der Waals surface area contributed by atoms with Crippen LogP contribution < -0.4 is 10.6 Å². The van der Waals surface area contributed by atoms with Gasteiger partial charge in [-0.05, 0) is 37.0 Å². The fourth-order valence-corrected chi connectivity index (χ4v) is 3.61. The maximum absolute atomic E-state index is 13.4. The van der Waals surface area contributed by atoms with Crippen LogP contribution in [0.2, 0.25) is 0 Å². The summed E-state index contributed by atoms with van der Waals surface area (Å²) in [6.45, 7) is 1.62. The number of nitrogens with zero attached hydrogens (tertiary/aromatic N) is 1. The smallest absolute Gasteiger partial charge is 0.317 e. The van der Waals surface area contributed by atoms with Gasteiger partial charge in [-0.15, -0.1) is 0 Å². The van der Waals surface area contributed by atoms with Crippen LogP contribution in [-0.2, 0) is 11.2 Å². The highest BCUT2D eigenvalue weighted by atomic mass is 19.1. The lowest BCUT2D eigenvalue weighted by atomic mass is 10.0. The molecule has 2 N–H and O–H groups in total. The van der Waals surface area contributed by atoms with E-state index in [-0.39, 0.29) is 29.7 Å². The summed E-state index contributed by atoms with van der Waals surface area (Å²) in [6.07, 6.45) is 4.64. The minimum absolute atomic E-state index is 0.0800. The number of benzene rings is 1. The minimum Gasteiger partial charge on any atom is -0.354 e. The summed E-state index contributed by atoms with van der Waals surface area (Å²) >= 11 is 0. The number of hydrogen-bond acceptors (Lipinski definition) is 2. The molecule has 1 aromatic rings. The van der Waals surface area contributed by atoms with E-state index in [2.05, 4.69) is 10.6 Å². The molecule has 0 aromatic heterocycles. The van der Waals surface area contributed by atoms with Gasteiger partial charge in [0.05, 0.1) is 6.04 Å². The normalized spacial score (nSPS) is 19.4. The Kier molecular flexibility index (Phi) is 5.33. The summed E-state index contributed by atoms with van der Waals surface area (Å²) in [7, 11) is 0. The lowest BCUT2D eigenvalue weighted by Gasteiger charge is -2.27. The van der Waals surface area contributed by atoms with E-state index < -0.39 is 0 Å². The molecular weight excluding hydrogens is 309 g/mol. The van der Waals surface area contributed by atoms with Gasteiger partial charge in [0.25, 0.3) is 0 Å². The summed E-state index contributed by atoms with van der Waals surface area (Å²) in [6, 6.07) is 6.13. The number of nitrogens with one attached hydrogen (secondary N) is 2. The largest absolute Gasteiger partial charge is 0.354 e. The van der Waals surface area contributed by atoms with Crippen molar-refractivity contribution in [2.24, 2.45) is 5.92 Å². The van der Waals surface area contributed by atoms with Gasteiger partial charge in [-0.25, -0.2) is 9.18 Å². The van der Waals surface area contributed by atoms with E-state index in [1.54, 1.807) is 11.0 Å². The summed E-state index contributed by atoms with van der Waals surface area (Å²) in [5, 5.41) is 5.79. The zero-order chi connectivity index (χ0) is 16.9. The molecule has 6 heteroatoms. The molecule has 2 aliphatic rings. The number of rotatable bonds is 6. The molecule has 5 nitrogen and oxygen atoms in total. The lowest BCUT2D eigenvalue weighted by molar-refractivity contribution is -0.125. The fraction of sp³-hybridized carbons (Fsp3) is 0.556. The average molecular weight is 333 g/mol. The minimum atomic E-state index is -0.285. The number of amides is 3. The maximum Gasteiger partial charge on any atom is 0.317 e. The molecule has 3 amide bonds. The number of hydrogen-bond donors (Lipinski definition) is 2. The van der Waals surface area contributed by atoms with Crippen LogP contribution in [0.5, 0.6) is 0 Å². The van der Waals surface area contributed by atoms with Gasteiger partial charge in [-0.2, -0.15) is 0 Å². The standard InChI is InChI=1S/C18H24FN3O2/c19-15-7-3-4-13(10-15)11-16(22-9-8-20-18(22)24)12-21-17(23)14-5-1-2-6-14/h3-4,7,10,14,16H,1-2,5-6,8-9,11-12H2,(H,20,24)(H,21,23). The average Bonchev–Trinajstić information content (AvgIpc) is 3.23. The Morgan fingerprint density at radius 3 is 2.83 bits per heavy atom. The Morgan fingerprint density at radius 2 is 2.17 bits per heavy atom. The Balaban J connectivity index is 1.65. The number of urea groups is 1. The first-order chi connectivity index (χ1) is 11.6. The van der Waals surface area contributed by atoms with E-state index in [1.165, 1.54) is 12.1 Å². The van der Waals surface area contributed by atoms with E-state index >= 15 is 0 Å². The van der Waals surface area contributed by atoms with Gasteiger partial charge in [-0.1, -0.05) is 25.0 Å². The molecule has 1 atom stereocenters. The van der Waals surface area contributed by atoms with E-state index in [4.69, 9.17) is 0 Å². The van der Waals surface area contributed by atoms with Gasteiger partial charge in [-0.3, -0.25) is 4.79 Å². The first-order valence-electron chi connectivity index (χ1n) is 8.70. The molecule has 0 spiro atoms. The van der Waals surface area contributed by atoms with E-state index in [1.807, 2.05) is 6.07 Å². The molecule has 2 fully saturated rings. The van der Waals surface area contributed by atoms with Crippen molar-refractivity contribution in [1.29, 1.82) is 0 Å². The molecule has 0 bridgehead atoms. The van der Waals surface area contributed by atoms with Crippen LogP contribution in [0.15, 0.2) is 24.3 Å². The van der Waals surface area contributed by atoms with Crippen LogP contribution in [-0.4, -0.2) is 42.5 Å². The molecule has 1 unspecified atom stereocenters. The third kappa shape index (κ3) is 4.04. The third-order valence-electron chi connectivity index (χ3n) is 4.93. The van der Waals surface area contributed by atoms with Gasteiger partial charge in [0, 0.05) is 25.6 Å². The Bertz CT molecular complexity index is 602. The molecule has 1 aromatic carbocycles.